The van der Waals surface area contributed by atoms with Crippen LogP contribution in [0, 0.1) is 0 Å². The summed E-state index contributed by atoms with van der Waals surface area (Å²) in [5, 5.41) is 1.06. The van der Waals surface area contributed by atoms with E-state index in [1.807, 2.05) is 4.57 Å². The van der Waals surface area contributed by atoms with Gasteiger partial charge in [0.15, 0.2) is 5.15 Å². The van der Waals surface area contributed by atoms with Crippen LogP contribution in [0.25, 0.3) is 0 Å². The van der Waals surface area contributed by atoms with Crippen molar-refractivity contribution < 1.29 is 0 Å². The molecule has 2 heterocycles. The average molecular weight is 234 g/mol. The predicted octanol–water partition coefficient (Wildman–Crippen LogP) is 2.42. The van der Waals surface area contributed by atoms with Crippen molar-refractivity contribution >= 4 is 23.2 Å². The molecule has 0 spiro atoms. The minimum Gasteiger partial charge on any atom is -0.330 e. The van der Waals surface area contributed by atoms with Crippen LogP contribution in [0.5, 0.6) is 0 Å². The van der Waals surface area contributed by atoms with Crippen molar-refractivity contribution in [1.82, 2.24) is 9.55 Å². The molecule has 0 saturated carbocycles. The zero-order valence-electron chi connectivity index (χ0n) is 7.84. The molecule has 0 fully saturated rings. The minimum atomic E-state index is 0.432. The van der Waals surface area contributed by atoms with Gasteiger partial charge in [-0.3, -0.25) is 0 Å². The normalized spacial score (nSPS) is 20.9. The van der Waals surface area contributed by atoms with Gasteiger partial charge in [-0.2, -0.15) is 0 Å². The molecule has 1 aromatic heterocycles. The third kappa shape index (κ3) is 1.64. The van der Waals surface area contributed by atoms with Crippen molar-refractivity contribution in [2.24, 2.45) is 5.73 Å². The van der Waals surface area contributed by atoms with Gasteiger partial charge < -0.3 is 10.3 Å². The highest BCUT2D eigenvalue weighted by atomic mass is 35.5. The fourth-order valence-electron chi connectivity index (χ4n) is 2.13. The Kier molecular flexibility index (Phi) is 3.00. The van der Waals surface area contributed by atoms with E-state index >= 15 is 0 Å². The number of aromatic nitrogens is 2. The first-order valence-corrected chi connectivity index (χ1v) is 5.61. The summed E-state index contributed by atoms with van der Waals surface area (Å²) in [6.45, 7) is 1.61. The first-order chi connectivity index (χ1) is 6.74. The van der Waals surface area contributed by atoms with Gasteiger partial charge in [0.2, 0.25) is 5.28 Å². The van der Waals surface area contributed by atoms with Crippen LogP contribution >= 0.6 is 23.2 Å². The van der Waals surface area contributed by atoms with Crippen LogP contribution < -0.4 is 5.73 Å². The molecule has 0 saturated heterocycles. The fraction of sp³-hybridized carbons (Fsp3) is 0.667. The Hall–Kier alpha value is -0.250. The molecule has 5 heteroatoms. The molecule has 2 rings (SSSR count). The van der Waals surface area contributed by atoms with Gasteiger partial charge in [-0.1, -0.05) is 11.6 Å². The molecule has 1 atom stereocenters. The molecule has 0 aliphatic carbocycles. The van der Waals surface area contributed by atoms with E-state index in [9.17, 15) is 0 Å². The van der Waals surface area contributed by atoms with E-state index in [2.05, 4.69) is 4.98 Å². The number of hydrogen-bond acceptors (Lipinski definition) is 2. The third-order valence-corrected chi connectivity index (χ3v) is 3.32. The second-order valence-corrected chi connectivity index (χ2v) is 4.32. The zero-order chi connectivity index (χ0) is 10.1. The first-order valence-electron chi connectivity index (χ1n) is 4.85. The van der Waals surface area contributed by atoms with Gasteiger partial charge in [-0.25, -0.2) is 4.98 Å². The standard InChI is InChI=1S/C9H13Cl2N3/c10-8-7-6(3-4-12)2-1-5-14(7)9(11)13-8/h6H,1-5,12H2. The Morgan fingerprint density at radius 1 is 1.50 bits per heavy atom. The molecular formula is C9H13Cl2N3. The summed E-state index contributed by atoms with van der Waals surface area (Å²) >= 11 is 12.0. The molecule has 14 heavy (non-hydrogen) atoms. The first kappa shape index (κ1) is 10.3. The second kappa shape index (κ2) is 4.09. The number of rotatable bonds is 2. The number of nitrogens with zero attached hydrogens (tertiary/aromatic N) is 2. The van der Waals surface area contributed by atoms with Crippen molar-refractivity contribution in [2.75, 3.05) is 6.54 Å². The van der Waals surface area contributed by atoms with Gasteiger partial charge in [0.1, 0.15) is 0 Å². The Morgan fingerprint density at radius 3 is 3.00 bits per heavy atom. The maximum Gasteiger partial charge on any atom is 0.204 e. The molecule has 78 valence electrons. The predicted molar refractivity (Wildman–Crippen MR) is 57.9 cm³/mol. The maximum absolute atomic E-state index is 6.04. The smallest absolute Gasteiger partial charge is 0.204 e. The molecule has 1 aromatic rings. The topological polar surface area (TPSA) is 43.8 Å². The van der Waals surface area contributed by atoms with E-state index in [0.29, 0.717) is 22.9 Å². The maximum atomic E-state index is 6.04. The monoisotopic (exact) mass is 233 g/mol. The fourth-order valence-corrected chi connectivity index (χ4v) is 2.77. The lowest BCUT2D eigenvalue weighted by molar-refractivity contribution is 0.439. The summed E-state index contributed by atoms with van der Waals surface area (Å²) < 4.78 is 2.01. The minimum absolute atomic E-state index is 0.432. The summed E-state index contributed by atoms with van der Waals surface area (Å²) in [6, 6.07) is 0. The molecule has 3 nitrogen and oxygen atoms in total. The van der Waals surface area contributed by atoms with Gasteiger partial charge in [0.05, 0.1) is 5.69 Å². The van der Waals surface area contributed by atoms with Gasteiger partial charge in [-0.05, 0) is 37.4 Å². The summed E-state index contributed by atoms with van der Waals surface area (Å²) in [5.41, 5.74) is 6.64. The third-order valence-electron chi connectivity index (χ3n) is 2.75. The highest BCUT2D eigenvalue weighted by molar-refractivity contribution is 6.33. The molecule has 0 aromatic carbocycles. The van der Waals surface area contributed by atoms with Gasteiger partial charge >= 0.3 is 0 Å². The molecular weight excluding hydrogens is 221 g/mol. The second-order valence-electron chi connectivity index (χ2n) is 3.63. The van der Waals surface area contributed by atoms with Gasteiger partial charge in [-0.15, -0.1) is 0 Å². The highest BCUT2D eigenvalue weighted by Gasteiger charge is 2.25. The van der Waals surface area contributed by atoms with E-state index in [4.69, 9.17) is 28.9 Å². The van der Waals surface area contributed by atoms with Gasteiger partial charge in [0.25, 0.3) is 0 Å². The van der Waals surface area contributed by atoms with Crippen LogP contribution in [0.15, 0.2) is 0 Å². The van der Waals surface area contributed by atoms with Crippen molar-refractivity contribution in [2.45, 2.75) is 31.7 Å². The summed E-state index contributed by atoms with van der Waals surface area (Å²) in [4.78, 5) is 4.08. The Morgan fingerprint density at radius 2 is 2.29 bits per heavy atom. The Labute approximate surface area is 93.2 Å². The molecule has 1 unspecified atom stereocenters. The SMILES string of the molecule is NCCC1CCCn2c(Cl)nc(Cl)c21. The zero-order valence-corrected chi connectivity index (χ0v) is 9.35. The van der Waals surface area contributed by atoms with E-state index < -0.39 is 0 Å². The van der Waals surface area contributed by atoms with E-state index in [1.54, 1.807) is 0 Å². The van der Waals surface area contributed by atoms with Crippen LogP contribution in [-0.4, -0.2) is 16.1 Å². The van der Waals surface area contributed by atoms with Crippen molar-refractivity contribution in [1.29, 1.82) is 0 Å². The molecule has 0 amide bonds. The molecule has 0 radical (unpaired) electrons. The summed E-state index contributed by atoms with van der Waals surface area (Å²) in [6.07, 6.45) is 3.23. The highest BCUT2D eigenvalue weighted by Crippen LogP contribution is 2.36. The summed E-state index contributed by atoms with van der Waals surface area (Å²) in [7, 11) is 0. The molecule has 0 bridgehead atoms. The lowest BCUT2D eigenvalue weighted by Crippen LogP contribution is -2.18. The van der Waals surface area contributed by atoms with Gasteiger partial charge in [0, 0.05) is 12.5 Å². The van der Waals surface area contributed by atoms with Crippen molar-refractivity contribution in [3.05, 3.63) is 16.1 Å². The lowest BCUT2D eigenvalue weighted by atomic mass is 9.93. The molecule has 1 aliphatic rings. The van der Waals surface area contributed by atoms with Crippen molar-refractivity contribution in [3.8, 4) is 0 Å². The molecule has 2 N–H and O–H groups in total. The lowest BCUT2D eigenvalue weighted by Gasteiger charge is -2.24. The van der Waals surface area contributed by atoms with Crippen LogP contribution in [0.2, 0.25) is 10.4 Å². The number of imidazole rings is 1. The van der Waals surface area contributed by atoms with Crippen LogP contribution in [0.4, 0.5) is 0 Å². The van der Waals surface area contributed by atoms with Crippen LogP contribution in [0.3, 0.4) is 0 Å². The Bertz CT molecular complexity index is 335. The molecule has 1 aliphatic heterocycles. The average Bonchev–Trinajstić information content (AvgIpc) is 2.44. The van der Waals surface area contributed by atoms with E-state index in [1.165, 1.54) is 0 Å². The Balaban J connectivity index is 2.37. The number of halogens is 2. The van der Waals surface area contributed by atoms with E-state index in [-0.39, 0.29) is 0 Å². The van der Waals surface area contributed by atoms with Crippen LogP contribution in [-0.2, 0) is 6.54 Å². The number of hydrogen-bond donors (Lipinski definition) is 1. The van der Waals surface area contributed by atoms with E-state index in [0.717, 1.165) is 31.5 Å². The van der Waals surface area contributed by atoms with Crippen molar-refractivity contribution in [3.63, 3.8) is 0 Å². The number of fused-ring (bicyclic) bond motifs is 1. The quantitative estimate of drug-likeness (QED) is 0.853. The number of nitrogens with two attached hydrogens (primary N) is 1. The largest absolute Gasteiger partial charge is 0.330 e. The van der Waals surface area contributed by atoms with Crippen LogP contribution in [0.1, 0.15) is 30.9 Å². The summed E-state index contributed by atoms with van der Waals surface area (Å²) in [5.74, 6) is 0.432.